The maximum absolute atomic E-state index is 12.0. The summed E-state index contributed by atoms with van der Waals surface area (Å²) in [6.07, 6.45) is 1.47. The van der Waals surface area contributed by atoms with Crippen molar-refractivity contribution in [1.82, 2.24) is 10.9 Å². The first-order valence-electron chi connectivity index (χ1n) is 7.05. The highest BCUT2D eigenvalue weighted by Crippen LogP contribution is 2.36. The van der Waals surface area contributed by atoms with Crippen LogP contribution in [0.25, 0.3) is 0 Å². The molecule has 0 saturated carbocycles. The van der Waals surface area contributed by atoms with E-state index in [9.17, 15) is 9.59 Å². The van der Waals surface area contributed by atoms with E-state index in [1.54, 1.807) is 12.1 Å². The Balaban J connectivity index is 1.66. The van der Waals surface area contributed by atoms with E-state index >= 15 is 0 Å². The standard InChI is InChI=1S/C16H12BrN3O5/c17-12-6-14-13(24-8-25-14)5-11(12)7-18-19-15(21)9-1-3-10(4-2-9)16(22)20-23/h1-7,23H,8H2,(H,19,21)(H,20,22)/b18-7+. The number of hydrogen-bond acceptors (Lipinski definition) is 6. The highest BCUT2D eigenvalue weighted by atomic mass is 79.9. The van der Waals surface area contributed by atoms with Crippen molar-refractivity contribution < 1.29 is 24.3 Å². The molecule has 0 unspecified atom stereocenters. The van der Waals surface area contributed by atoms with Gasteiger partial charge in [-0.15, -0.1) is 0 Å². The Hall–Kier alpha value is -2.91. The Morgan fingerprint density at radius 2 is 1.68 bits per heavy atom. The van der Waals surface area contributed by atoms with Crippen molar-refractivity contribution in [2.45, 2.75) is 0 Å². The molecule has 3 N–H and O–H groups in total. The highest BCUT2D eigenvalue weighted by molar-refractivity contribution is 9.10. The molecule has 0 bridgehead atoms. The van der Waals surface area contributed by atoms with Crippen LogP contribution in [0, 0.1) is 0 Å². The molecular formula is C16H12BrN3O5. The molecule has 1 aliphatic rings. The first-order chi connectivity index (χ1) is 12.1. The van der Waals surface area contributed by atoms with Gasteiger partial charge in [0.05, 0.1) is 6.21 Å². The molecule has 2 aromatic carbocycles. The van der Waals surface area contributed by atoms with E-state index in [1.165, 1.54) is 36.0 Å². The Bertz CT molecular complexity index is 852. The van der Waals surface area contributed by atoms with Crippen LogP contribution in [0.15, 0.2) is 46.0 Å². The molecule has 128 valence electrons. The SMILES string of the molecule is O=C(NO)c1ccc(C(=O)N/N=C/c2cc3c(cc2Br)OCO3)cc1. The molecule has 0 aromatic heterocycles. The zero-order valence-corrected chi connectivity index (χ0v) is 14.2. The van der Waals surface area contributed by atoms with Crippen LogP contribution in [0.2, 0.25) is 0 Å². The minimum absolute atomic E-state index is 0.170. The topological polar surface area (TPSA) is 109 Å². The molecule has 2 aromatic rings. The van der Waals surface area contributed by atoms with Crippen molar-refractivity contribution in [2.24, 2.45) is 5.10 Å². The predicted octanol–water partition coefficient (Wildman–Crippen LogP) is 2.06. The fourth-order valence-electron chi connectivity index (χ4n) is 2.09. The van der Waals surface area contributed by atoms with E-state index in [0.29, 0.717) is 22.6 Å². The minimum atomic E-state index is -0.655. The Labute approximate surface area is 150 Å². The zero-order chi connectivity index (χ0) is 17.8. The van der Waals surface area contributed by atoms with Crippen LogP contribution >= 0.6 is 15.9 Å². The van der Waals surface area contributed by atoms with Gasteiger partial charge in [0.1, 0.15) is 0 Å². The molecule has 9 heteroatoms. The van der Waals surface area contributed by atoms with E-state index in [1.807, 2.05) is 0 Å². The third kappa shape index (κ3) is 3.78. The lowest BCUT2D eigenvalue weighted by molar-refractivity contribution is 0.0706. The molecule has 0 fully saturated rings. The summed E-state index contributed by atoms with van der Waals surface area (Å²) in [4.78, 5) is 23.3. The summed E-state index contributed by atoms with van der Waals surface area (Å²) >= 11 is 3.39. The number of fused-ring (bicyclic) bond motifs is 1. The van der Waals surface area contributed by atoms with Gasteiger partial charge in [-0.1, -0.05) is 0 Å². The smallest absolute Gasteiger partial charge is 0.274 e. The zero-order valence-electron chi connectivity index (χ0n) is 12.7. The van der Waals surface area contributed by atoms with Gasteiger partial charge in [-0.25, -0.2) is 10.9 Å². The van der Waals surface area contributed by atoms with E-state index in [2.05, 4.69) is 26.5 Å². The van der Waals surface area contributed by atoms with E-state index in [0.717, 1.165) is 4.47 Å². The number of halogens is 1. The van der Waals surface area contributed by atoms with Crippen LogP contribution in [-0.4, -0.2) is 30.0 Å². The molecular weight excluding hydrogens is 394 g/mol. The number of rotatable bonds is 4. The number of benzene rings is 2. The molecule has 0 saturated heterocycles. The Morgan fingerprint density at radius 1 is 1.08 bits per heavy atom. The third-order valence-electron chi connectivity index (χ3n) is 3.37. The average Bonchev–Trinajstić information content (AvgIpc) is 3.08. The van der Waals surface area contributed by atoms with Crippen molar-refractivity contribution in [3.63, 3.8) is 0 Å². The number of nitrogens with one attached hydrogen (secondary N) is 2. The fraction of sp³-hybridized carbons (Fsp3) is 0.0625. The van der Waals surface area contributed by atoms with Gasteiger partial charge in [0.15, 0.2) is 11.5 Å². The number of nitrogens with zero attached hydrogens (tertiary/aromatic N) is 1. The van der Waals surface area contributed by atoms with Crippen LogP contribution < -0.4 is 20.4 Å². The molecule has 3 rings (SSSR count). The van der Waals surface area contributed by atoms with Gasteiger partial charge in [-0.05, 0) is 52.3 Å². The van der Waals surface area contributed by atoms with E-state index in [-0.39, 0.29) is 12.4 Å². The van der Waals surface area contributed by atoms with Crippen molar-refractivity contribution >= 4 is 34.0 Å². The maximum Gasteiger partial charge on any atom is 0.274 e. The lowest BCUT2D eigenvalue weighted by atomic mass is 10.1. The van der Waals surface area contributed by atoms with Crippen LogP contribution in [0.1, 0.15) is 26.3 Å². The van der Waals surface area contributed by atoms with Gasteiger partial charge >= 0.3 is 0 Å². The molecule has 2 amide bonds. The van der Waals surface area contributed by atoms with Gasteiger partial charge < -0.3 is 9.47 Å². The summed E-state index contributed by atoms with van der Waals surface area (Å²) in [6, 6.07) is 9.23. The van der Waals surface area contributed by atoms with Crippen molar-refractivity contribution in [1.29, 1.82) is 0 Å². The van der Waals surface area contributed by atoms with Gasteiger partial charge in [-0.3, -0.25) is 14.8 Å². The number of ether oxygens (including phenoxy) is 2. The lowest BCUT2D eigenvalue weighted by Gasteiger charge is -2.03. The van der Waals surface area contributed by atoms with E-state index < -0.39 is 11.8 Å². The second-order valence-corrected chi connectivity index (χ2v) is 5.80. The molecule has 1 heterocycles. The second kappa shape index (κ2) is 7.32. The Kier molecular flexibility index (Phi) is 4.96. The quantitative estimate of drug-likeness (QED) is 0.409. The summed E-state index contributed by atoms with van der Waals surface area (Å²) in [5.74, 6) is 0.149. The summed E-state index contributed by atoms with van der Waals surface area (Å²) in [7, 11) is 0. The van der Waals surface area contributed by atoms with Crippen molar-refractivity contribution in [2.75, 3.05) is 6.79 Å². The van der Waals surface area contributed by atoms with Gasteiger partial charge in [0.25, 0.3) is 11.8 Å². The summed E-state index contributed by atoms with van der Waals surface area (Å²) in [5.41, 5.74) is 5.16. The summed E-state index contributed by atoms with van der Waals surface area (Å²) in [6.45, 7) is 0.170. The number of hydrogen-bond donors (Lipinski definition) is 3. The summed E-state index contributed by atoms with van der Waals surface area (Å²) in [5, 5.41) is 12.5. The van der Waals surface area contributed by atoms with E-state index in [4.69, 9.17) is 14.7 Å². The number of carbonyl (C=O) groups is 2. The van der Waals surface area contributed by atoms with Gasteiger partial charge in [0, 0.05) is 21.2 Å². The number of hydrazone groups is 1. The van der Waals surface area contributed by atoms with Crippen LogP contribution in [0.3, 0.4) is 0 Å². The normalized spacial score (nSPS) is 12.2. The fourth-order valence-corrected chi connectivity index (χ4v) is 2.52. The molecule has 0 atom stereocenters. The minimum Gasteiger partial charge on any atom is -0.454 e. The van der Waals surface area contributed by atoms with Crippen molar-refractivity contribution in [3.05, 3.63) is 57.6 Å². The molecule has 0 aliphatic carbocycles. The van der Waals surface area contributed by atoms with Crippen LogP contribution in [-0.2, 0) is 0 Å². The van der Waals surface area contributed by atoms with Gasteiger partial charge in [-0.2, -0.15) is 5.10 Å². The molecule has 8 nitrogen and oxygen atoms in total. The third-order valence-corrected chi connectivity index (χ3v) is 4.06. The lowest BCUT2D eigenvalue weighted by Crippen LogP contribution is -2.20. The number of amides is 2. The number of hydroxylamine groups is 1. The second-order valence-electron chi connectivity index (χ2n) is 4.94. The Morgan fingerprint density at radius 3 is 2.32 bits per heavy atom. The van der Waals surface area contributed by atoms with Crippen LogP contribution in [0.4, 0.5) is 0 Å². The first kappa shape index (κ1) is 16.9. The molecule has 0 radical (unpaired) electrons. The monoisotopic (exact) mass is 405 g/mol. The molecule has 25 heavy (non-hydrogen) atoms. The van der Waals surface area contributed by atoms with Crippen LogP contribution in [0.5, 0.6) is 11.5 Å². The first-order valence-corrected chi connectivity index (χ1v) is 7.85. The molecule has 1 aliphatic heterocycles. The number of carbonyl (C=O) groups excluding carboxylic acids is 2. The molecule has 0 spiro atoms. The highest BCUT2D eigenvalue weighted by Gasteiger charge is 2.15. The maximum atomic E-state index is 12.0. The van der Waals surface area contributed by atoms with Gasteiger partial charge in [0.2, 0.25) is 6.79 Å². The predicted molar refractivity (Wildman–Crippen MR) is 91.0 cm³/mol. The summed E-state index contributed by atoms with van der Waals surface area (Å²) < 4.78 is 11.3. The largest absolute Gasteiger partial charge is 0.454 e. The average molecular weight is 406 g/mol. The van der Waals surface area contributed by atoms with Crippen molar-refractivity contribution in [3.8, 4) is 11.5 Å².